The van der Waals surface area contributed by atoms with E-state index in [9.17, 15) is 9.90 Å². The molecular weight excluding hydrogens is 280 g/mol. The van der Waals surface area contributed by atoms with Crippen molar-refractivity contribution in [3.63, 3.8) is 0 Å². The Bertz CT molecular complexity index is 853. The van der Waals surface area contributed by atoms with Crippen molar-refractivity contribution in [2.45, 2.75) is 0 Å². The molecule has 0 atom stereocenters. The largest absolute Gasteiger partial charge is 0.476 e. The molecule has 0 aliphatic rings. The van der Waals surface area contributed by atoms with Crippen LogP contribution >= 0.6 is 0 Å². The average molecular weight is 294 g/mol. The summed E-state index contributed by atoms with van der Waals surface area (Å²) in [5.41, 5.74) is 4.97. The maximum absolute atomic E-state index is 11.4. The molecule has 3 aromatic rings. The highest BCUT2D eigenvalue weighted by Crippen LogP contribution is 2.17. The first-order valence-corrected chi connectivity index (χ1v) is 6.70. The summed E-state index contributed by atoms with van der Waals surface area (Å²) in [6.45, 7) is 0. The molecule has 1 aromatic heterocycles. The highest BCUT2D eigenvalue weighted by atomic mass is 16.4. The third kappa shape index (κ3) is 2.54. The average Bonchev–Trinajstić information content (AvgIpc) is 2.85. The zero-order valence-corrected chi connectivity index (χ0v) is 11.9. The fourth-order valence-corrected chi connectivity index (χ4v) is 2.18. The molecule has 0 aliphatic carbocycles. The van der Waals surface area contributed by atoms with Crippen LogP contribution in [0.25, 0.3) is 11.0 Å². The van der Waals surface area contributed by atoms with Crippen LogP contribution in [0, 0.1) is 0 Å². The van der Waals surface area contributed by atoms with Crippen LogP contribution in [0.4, 0.5) is 5.95 Å². The number of carboxylic acid groups (broad SMARTS) is 1. The summed E-state index contributed by atoms with van der Waals surface area (Å²) >= 11 is 0. The lowest BCUT2D eigenvalue weighted by molar-refractivity contribution is -0.129. The first-order valence-electron chi connectivity index (χ1n) is 6.70. The van der Waals surface area contributed by atoms with Gasteiger partial charge in [-0.1, -0.05) is 42.5 Å². The fraction of sp³-hybridized carbons (Fsp3) is 0.0625. The summed E-state index contributed by atoms with van der Waals surface area (Å²) < 4.78 is 1.82. The maximum Gasteiger partial charge on any atom is 0.356 e. The molecule has 1 heterocycles. The van der Waals surface area contributed by atoms with Crippen LogP contribution in [0.15, 0.2) is 59.7 Å². The molecule has 0 bridgehead atoms. The third-order valence-corrected chi connectivity index (χ3v) is 3.30. The van der Waals surface area contributed by atoms with Gasteiger partial charge in [-0.25, -0.2) is 15.2 Å². The van der Waals surface area contributed by atoms with Gasteiger partial charge in [0, 0.05) is 12.6 Å². The van der Waals surface area contributed by atoms with Crippen molar-refractivity contribution in [3.8, 4) is 0 Å². The molecule has 0 spiro atoms. The summed E-state index contributed by atoms with van der Waals surface area (Å²) in [6, 6.07) is 16.4. The number of imidazole rings is 1. The number of aromatic nitrogens is 2. The number of benzene rings is 2. The van der Waals surface area contributed by atoms with Gasteiger partial charge in [0.2, 0.25) is 5.95 Å². The van der Waals surface area contributed by atoms with E-state index in [0.29, 0.717) is 11.5 Å². The molecule has 0 radical (unpaired) electrons. The Morgan fingerprint density at radius 3 is 2.50 bits per heavy atom. The lowest BCUT2D eigenvalue weighted by atomic mass is 10.1. The first-order chi connectivity index (χ1) is 10.7. The van der Waals surface area contributed by atoms with Gasteiger partial charge in [-0.2, -0.15) is 5.10 Å². The van der Waals surface area contributed by atoms with Gasteiger partial charge < -0.3 is 9.67 Å². The van der Waals surface area contributed by atoms with E-state index in [1.165, 1.54) is 0 Å². The minimum atomic E-state index is -1.10. The van der Waals surface area contributed by atoms with Crippen LogP contribution in [0.1, 0.15) is 5.56 Å². The minimum absolute atomic E-state index is 0.0624. The number of nitrogens with zero attached hydrogens (tertiary/aromatic N) is 3. The van der Waals surface area contributed by atoms with E-state index in [1.807, 2.05) is 41.9 Å². The lowest BCUT2D eigenvalue weighted by Crippen LogP contribution is -2.16. The van der Waals surface area contributed by atoms with E-state index in [1.54, 1.807) is 24.3 Å². The van der Waals surface area contributed by atoms with Gasteiger partial charge in [-0.15, -0.1) is 0 Å². The summed E-state index contributed by atoms with van der Waals surface area (Å²) in [7, 11) is 1.84. The van der Waals surface area contributed by atoms with Crippen molar-refractivity contribution in [1.29, 1.82) is 0 Å². The Balaban J connectivity index is 1.96. The number of anilines is 1. The van der Waals surface area contributed by atoms with Crippen molar-refractivity contribution in [2.75, 3.05) is 5.43 Å². The Morgan fingerprint density at radius 1 is 1.14 bits per heavy atom. The number of para-hydroxylation sites is 2. The Hall–Kier alpha value is -3.15. The SMILES string of the molecule is Cn1c(N/N=C(\C(=O)O)c2ccccc2)nc2ccccc21. The molecule has 6 nitrogen and oxygen atoms in total. The number of fused-ring (bicyclic) bond motifs is 1. The molecule has 2 aromatic carbocycles. The van der Waals surface area contributed by atoms with Gasteiger partial charge in [0.05, 0.1) is 11.0 Å². The van der Waals surface area contributed by atoms with Crippen LogP contribution in [0.3, 0.4) is 0 Å². The lowest BCUT2D eigenvalue weighted by Gasteiger charge is -2.04. The third-order valence-electron chi connectivity index (χ3n) is 3.30. The summed E-state index contributed by atoms with van der Waals surface area (Å²) in [4.78, 5) is 15.8. The molecule has 0 amide bonds. The molecular formula is C16H14N4O2. The van der Waals surface area contributed by atoms with Gasteiger partial charge >= 0.3 is 5.97 Å². The van der Waals surface area contributed by atoms with E-state index < -0.39 is 5.97 Å². The molecule has 2 N–H and O–H groups in total. The zero-order chi connectivity index (χ0) is 15.5. The van der Waals surface area contributed by atoms with E-state index in [2.05, 4.69) is 15.5 Å². The molecule has 0 fully saturated rings. The zero-order valence-electron chi connectivity index (χ0n) is 11.9. The van der Waals surface area contributed by atoms with Crippen LogP contribution in [-0.4, -0.2) is 26.3 Å². The van der Waals surface area contributed by atoms with Gasteiger partial charge in [0.25, 0.3) is 0 Å². The second-order valence-corrected chi connectivity index (χ2v) is 4.73. The Labute approximate surface area is 126 Å². The number of hydrazone groups is 1. The number of rotatable bonds is 4. The van der Waals surface area contributed by atoms with Crippen molar-refractivity contribution in [3.05, 3.63) is 60.2 Å². The molecule has 6 heteroatoms. The van der Waals surface area contributed by atoms with Gasteiger partial charge in [0.15, 0.2) is 5.71 Å². The smallest absolute Gasteiger partial charge is 0.356 e. The maximum atomic E-state index is 11.4. The highest BCUT2D eigenvalue weighted by molar-refractivity contribution is 6.42. The standard InChI is InChI=1S/C16H14N4O2/c1-20-13-10-6-5-9-12(13)17-16(20)19-18-14(15(21)22)11-7-3-2-4-8-11/h2-10H,1H3,(H,17,19)(H,21,22)/b18-14-. The van der Waals surface area contributed by atoms with Gasteiger partial charge in [0.1, 0.15) is 0 Å². The number of hydrogen-bond acceptors (Lipinski definition) is 4. The number of aliphatic carboxylic acids is 1. The second-order valence-electron chi connectivity index (χ2n) is 4.73. The second kappa shape index (κ2) is 5.69. The van der Waals surface area contributed by atoms with Crippen molar-refractivity contribution in [2.24, 2.45) is 12.1 Å². The Kier molecular flexibility index (Phi) is 3.57. The first kappa shape index (κ1) is 13.8. The summed E-state index contributed by atoms with van der Waals surface area (Å²) in [5.74, 6) is -0.617. The predicted octanol–water partition coefficient (Wildman–Crippen LogP) is 2.47. The van der Waals surface area contributed by atoms with Crippen LogP contribution in [0.5, 0.6) is 0 Å². The number of aryl methyl sites for hydroxylation is 1. The fourth-order valence-electron chi connectivity index (χ4n) is 2.18. The minimum Gasteiger partial charge on any atom is -0.476 e. The topological polar surface area (TPSA) is 79.5 Å². The number of nitrogens with one attached hydrogen (secondary N) is 1. The van der Waals surface area contributed by atoms with Crippen molar-refractivity contribution in [1.82, 2.24) is 9.55 Å². The molecule has 3 rings (SSSR count). The van der Waals surface area contributed by atoms with Gasteiger partial charge in [-0.05, 0) is 12.1 Å². The van der Waals surface area contributed by atoms with E-state index in [4.69, 9.17) is 0 Å². The predicted molar refractivity (Wildman–Crippen MR) is 85.0 cm³/mol. The monoisotopic (exact) mass is 294 g/mol. The van der Waals surface area contributed by atoms with E-state index in [-0.39, 0.29) is 5.71 Å². The van der Waals surface area contributed by atoms with Crippen molar-refractivity contribution >= 4 is 28.7 Å². The van der Waals surface area contributed by atoms with Crippen LogP contribution in [-0.2, 0) is 11.8 Å². The van der Waals surface area contributed by atoms with E-state index >= 15 is 0 Å². The normalized spacial score (nSPS) is 11.6. The quantitative estimate of drug-likeness (QED) is 0.572. The van der Waals surface area contributed by atoms with Gasteiger partial charge in [-0.3, -0.25) is 0 Å². The molecule has 0 saturated carbocycles. The molecule has 0 saturated heterocycles. The highest BCUT2D eigenvalue weighted by Gasteiger charge is 2.13. The van der Waals surface area contributed by atoms with Crippen LogP contribution in [0.2, 0.25) is 0 Å². The van der Waals surface area contributed by atoms with Crippen LogP contribution < -0.4 is 5.43 Å². The number of carbonyl (C=O) groups is 1. The molecule has 110 valence electrons. The Morgan fingerprint density at radius 2 is 1.82 bits per heavy atom. The molecule has 0 unspecified atom stereocenters. The summed E-state index contributed by atoms with van der Waals surface area (Å²) in [5, 5.41) is 13.3. The number of carboxylic acids is 1. The van der Waals surface area contributed by atoms with Crippen molar-refractivity contribution < 1.29 is 9.90 Å². The number of hydrogen-bond donors (Lipinski definition) is 2. The molecule has 22 heavy (non-hydrogen) atoms. The van der Waals surface area contributed by atoms with E-state index in [0.717, 1.165) is 11.0 Å². The summed E-state index contributed by atoms with van der Waals surface area (Å²) in [6.07, 6.45) is 0. The molecule has 0 aliphatic heterocycles.